The first-order valence-electron chi connectivity index (χ1n) is 8.64. The molecule has 1 N–H and O–H groups in total. The van der Waals surface area contributed by atoms with Gasteiger partial charge in [0.15, 0.2) is 11.5 Å². The second-order valence-corrected chi connectivity index (χ2v) is 6.39. The third-order valence-electron chi connectivity index (χ3n) is 4.41. The Morgan fingerprint density at radius 2 is 1.73 bits per heavy atom. The summed E-state index contributed by atoms with van der Waals surface area (Å²) in [4.78, 5) is 13.9. The fourth-order valence-electron chi connectivity index (χ4n) is 2.72. The van der Waals surface area contributed by atoms with Crippen LogP contribution in [0.25, 0.3) is 0 Å². The molecule has 5 heteroatoms. The number of aliphatic hydroxyl groups excluding tert-OH is 1. The summed E-state index contributed by atoms with van der Waals surface area (Å²) in [6, 6.07) is 13.4. The lowest BCUT2D eigenvalue weighted by molar-refractivity contribution is -0.131. The minimum Gasteiger partial charge on any atom is -0.493 e. The molecular formula is C21H27NO4. The molecule has 1 amide bonds. The quantitative estimate of drug-likeness (QED) is 0.788. The zero-order valence-electron chi connectivity index (χ0n) is 15.9. The molecule has 0 aliphatic rings. The van der Waals surface area contributed by atoms with Crippen molar-refractivity contribution in [2.24, 2.45) is 0 Å². The molecule has 0 saturated carbocycles. The van der Waals surface area contributed by atoms with Gasteiger partial charge in [0.2, 0.25) is 5.91 Å². The Balaban J connectivity index is 1.92. The highest BCUT2D eigenvalue weighted by Gasteiger charge is 2.17. The number of benzene rings is 2. The van der Waals surface area contributed by atoms with E-state index in [9.17, 15) is 9.90 Å². The molecule has 2 aromatic carbocycles. The fourth-order valence-corrected chi connectivity index (χ4v) is 2.72. The van der Waals surface area contributed by atoms with Gasteiger partial charge in [-0.25, -0.2) is 0 Å². The lowest BCUT2D eigenvalue weighted by Crippen LogP contribution is -2.31. The van der Waals surface area contributed by atoms with Crippen molar-refractivity contribution in [2.45, 2.75) is 25.9 Å². The SMILES string of the molecule is COc1ccc(C(O)CN(C)C(=O)CCc2ccc(C)cc2)cc1OC. The molecule has 0 radical (unpaired) electrons. The van der Waals surface area contributed by atoms with Crippen LogP contribution >= 0.6 is 0 Å². The number of aliphatic hydroxyl groups is 1. The highest BCUT2D eigenvalue weighted by molar-refractivity contribution is 5.76. The summed E-state index contributed by atoms with van der Waals surface area (Å²) in [6.07, 6.45) is 0.317. The lowest BCUT2D eigenvalue weighted by atomic mass is 10.1. The molecular weight excluding hydrogens is 330 g/mol. The second kappa shape index (κ2) is 9.25. The summed E-state index contributed by atoms with van der Waals surface area (Å²) in [6.45, 7) is 2.26. The molecule has 140 valence electrons. The molecule has 0 fully saturated rings. The Kier molecular flexibility index (Phi) is 7.04. The number of carbonyl (C=O) groups excluding carboxylic acids is 1. The highest BCUT2D eigenvalue weighted by atomic mass is 16.5. The standard InChI is InChI=1S/C21H27NO4/c1-15-5-7-16(8-6-15)9-12-21(24)22(2)14-18(23)17-10-11-19(25-3)20(13-17)26-4/h5-8,10-11,13,18,23H,9,12,14H2,1-4H3. The maximum absolute atomic E-state index is 12.3. The Morgan fingerprint density at radius 3 is 2.35 bits per heavy atom. The Labute approximate surface area is 155 Å². The van der Waals surface area contributed by atoms with Crippen molar-refractivity contribution < 1.29 is 19.4 Å². The van der Waals surface area contributed by atoms with Crippen LogP contribution in [0.5, 0.6) is 11.5 Å². The Hall–Kier alpha value is -2.53. The number of carbonyl (C=O) groups is 1. The zero-order chi connectivity index (χ0) is 19.1. The summed E-state index contributed by atoms with van der Waals surface area (Å²) in [5, 5.41) is 10.4. The van der Waals surface area contributed by atoms with E-state index in [1.807, 2.05) is 31.2 Å². The van der Waals surface area contributed by atoms with Crippen LogP contribution in [0.2, 0.25) is 0 Å². The van der Waals surface area contributed by atoms with Crippen LogP contribution in [-0.2, 0) is 11.2 Å². The van der Waals surface area contributed by atoms with E-state index in [2.05, 4.69) is 0 Å². The Bertz CT molecular complexity index is 727. The highest BCUT2D eigenvalue weighted by Crippen LogP contribution is 2.30. The predicted octanol–water partition coefficient (Wildman–Crippen LogP) is 3.14. The van der Waals surface area contributed by atoms with Gasteiger partial charge >= 0.3 is 0 Å². The lowest BCUT2D eigenvalue weighted by Gasteiger charge is -2.22. The van der Waals surface area contributed by atoms with Crippen molar-refractivity contribution >= 4 is 5.91 Å². The number of methoxy groups -OCH3 is 2. The topological polar surface area (TPSA) is 59.0 Å². The van der Waals surface area contributed by atoms with Crippen molar-refractivity contribution in [1.29, 1.82) is 0 Å². The molecule has 26 heavy (non-hydrogen) atoms. The first-order valence-corrected chi connectivity index (χ1v) is 8.64. The predicted molar refractivity (Wildman–Crippen MR) is 102 cm³/mol. The van der Waals surface area contributed by atoms with Gasteiger partial charge in [0.05, 0.1) is 26.9 Å². The van der Waals surface area contributed by atoms with Crippen LogP contribution in [-0.4, -0.2) is 43.7 Å². The first kappa shape index (κ1) is 19.8. The summed E-state index contributed by atoms with van der Waals surface area (Å²) >= 11 is 0. The van der Waals surface area contributed by atoms with Crippen molar-refractivity contribution in [3.05, 3.63) is 59.2 Å². The summed E-state index contributed by atoms with van der Waals surface area (Å²) < 4.78 is 10.5. The number of aryl methyl sites for hydroxylation is 2. The van der Waals surface area contributed by atoms with E-state index in [4.69, 9.17) is 9.47 Å². The van der Waals surface area contributed by atoms with Crippen molar-refractivity contribution in [1.82, 2.24) is 4.90 Å². The molecule has 0 bridgehead atoms. The molecule has 0 aromatic heterocycles. The van der Waals surface area contributed by atoms with Gasteiger partial charge in [-0.2, -0.15) is 0 Å². The number of rotatable bonds is 8. The van der Waals surface area contributed by atoms with Crippen molar-refractivity contribution in [3.8, 4) is 11.5 Å². The smallest absolute Gasteiger partial charge is 0.222 e. The van der Waals surface area contributed by atoms with E-state index in [1.54, 1.807) is 44.4 Å². The molecule has 0 spiro atoms. The van der Waals surface area contributed by atoms with Gasteiger partial charge in [-0.1, -0.05) is 35.9 Å². The van der Waals surface area contributed by atoms with Crippen molar-refractivity contribution in [3.63, 3.8) is 0 Å². The van der Waals surface area contributed by atoms with Crippen LogP contribution in [0.1, 0.15) is 29.2 Å². The molecule has 5 nitrogen and oxygen atoms in total. The van der Waals surface area contributed by atoms with Gasteiger partial charge in [0, 0.05) is 13.5 Å². The van der Waals surface area contributed by atoms with Gasteiger partial charge in [0.25, 0.3) is 0 Å². The zero-order valence-corrected chi connectivity index (χ0v) is 15.9. The molecule has 0 aliphatic carbocycles. The molecule has 2 rings (SSSR count). The van der Waals surface area contributed by atoms with Gasteiger partial charge in [-0.05, 0) is 36.6 Å². The normalized spacial score (nSPS) is 11.7. The molecule has 0 heterocycles. The second-order valence-electron chi connectivity index (χ2n) is 6.39. The molecule has 1 atom stereocenters. The first-order chi connectivity index (χ1) is 12.4. The van der Waals surface area contributed by atoms with E-state index >= 15 is 0 Å². The maximum Gasteiger partial charge on any atom is 0.222 e. The third-order valence-corrected chi connectivity index (χ3v) is 4.41. The minimum atomic E-state index is -0.789. The number of ether oxygens (including phenoxy) is 2. The molecule has 0 saturated heterocycles. The van der Waals surface area contributed by atoms with Gasteiger partial charge in [-0.3, -0.25) is 4.79 Å². The van der Waals surface area contributed by atoms with Crippen molar-refractivity contribution in [2.75, 3.05) is 27.8 Å². The maximum atomic E-state index is 12.3. The number of hydrogen-bond acceptors (Lipinski definition) is 4. The minimum absolute atomic E-state index is 0.00472. The monoisotopic (exact) mass is 357 g/mol. The number of amides is 1. The van der Waals surface area contributed by atoms with Crippen LogP contribution in [0.15, 0.2) is 42.5 Å². The van der Waals surface area contributed by atoms with E-state index in [-0.39, 0.29) is 12.5 Å². The molecule has 0 aliphatic heterocycles. The van der Waals surface area contributed by atoms with Crippen LogP contribution < -0.4 is 9.47 Å². The molecule has 1 unspecified atom stereocenters. The van der Waals surface area contributed by atoms with Gasteiger partial charge in [-0.15, -0.1) is 0 Å². The number of nitrogens with zero attached hydrogens (tertiary/aromatic N) is 1. The summed E-state index contributed by atoms with van der Waals surface area (Å²) in [5.41, 5.74) is 3.02. The summed E-state index contributed by atoms with van der Waals surface area (Å²) in [7, 11) is 4.82. The summed E-state index contributed by atoms with van der Waals surface area (Å²) in [5.74, 6) is 1.16. The van der Waals surface area contributed by atoms with E-state index in [0.29, 0.717) is 29.9 Å². The van der Waals surface area contributed by atoms with E-state index in [0.717, 1.165) is 5.56 Å². The third kappa shape index (κ3) is 5.23. The van der Waals surface area contributed by atoms with Gasteiger partial charge in [0.1, 0.15) is 0 Å². The largest absolute Gasteiger partial charge is 0.493 e. The van der Waals surface area contributed by atoms with Crippen LogP contribution in [0, 0.1) is 6.92 Å². The van der Waals surface area contributed by atoms with E-state index < -0.39 is 6.10 Å². The van der Waals surface area contributed by atoms with E-state index in [1.165, 1.54) is 5.56 Å². The number of hydrogen-bond donors (Lipinski definition) is 1. The van der Waals surface area contributed by atoms with Crippen LogP contribution in [0.3, 0.4) is 0 Å². The molecule has 2 aromatic rings. The van der Waals surface area contributed by atoms with Gasteiger partial charge < -0.3 is 19.5 Å². The average molecular weight is 357 g/mol. The Morgan fingerprint density at radius 1 is 1.08 bits per heavy atom. The fraction of sp³-hybridized carbons (Fsp3) is 0.381. The van der Waals surface area contributed by atoms with Crippen LogP contribution in [0.4, 0.5) is 0 Å². The number of likely N-dealkylation sites (N-methyl/N-ethyl adjacent to an activating group) is 1. The average Bonchev–Trinajstić information content (AvgIpc) is 2.66.